The number of phosphoric acid groups is 3. The maximum absolute atomic E-state index is 14.7. The molecule has 8 heterocycles. The predicted molar refractivity (Wildman–Crippen MR) is 284 cm³/mol. The van der Waals surface area contributed by atoms with Gasteiger partial charge in [-0.15, -0.1) is 0 Å². The first-order chi connectivity index (χ1) is 38.2. The van der Waals surface area contributed by atoms with Crippen LogP contribution < -0.4 is 41.2 Å². The Balaban J connectivity index is 0.734. The topological polar surface area (TPSA) is 362 Å². The summed E-state index contributed by atoms with van der Waals surface area (Å²) in [6.45, 7) is 3.02. The number of aromatic nitrogens is 4. The maximum Gasteiger partial charge on any atom is 0.490 e. The van der Waals surface area contributed by atoms with Gasteiger partial charge in [-0.05, 0) is 74.3 Å². The number of anilines is 2. The number of aliphatic hydroxyl groups is 1. The van der Waals surface area contributed by atoms with Crippen LogP contribution in [0.5, 0.6) is 11.5 Å². The van der Waals surface area contributed by atoms with Crippen LogP contribution in [-0.4, -0.2) is 145 Å². The second kappa shape index (κ2) is 22.3. The highest BCUT2D eigenvalue weighted by Crippen LogP contribution is 2.66. The Hall–Kier alpha value is -6.18. The standard InChI is InChI=1S/C50H59N10O17P3/c1-57(48(63)31-12-3-2-11-30(31)38-34-23-28-9-4-19-58-21-6-13-32(40(28)58)43(34)74-44-33-14-7-22-59-20-5-10-29(41(33)59)24-35(38)44)18-8-15-37(61)52-16-17-53-50(64)75-45-36(25-72-79(68,69)77-80(70,71)76-78(65,66)67)73-49(42(45)62)60-27-56-39-46(51)54-26-55-47(39)60/h2-3,11-12,23-24,26-27,36,42,45,49,62H,4-10,13-22,25H2,1H3,(H7-,51,52,53,54,55,61,64,65,66,67,68,69,70,71)/p+1/t36-,42-,45-,49-/m1/s1. The number of nitrogens with zero attached hydrogens (tertiary/aromatic N) is 7. The number of carbonyl (C=O) groups is 3. The van der Waals surface area contributed by atoms with E-state index in [1.165, 1.54) is 44.2 Å². The molecule has 2 unspecified atom stereocenters. The van der Waals surface area contributed by atoms with Gasteiger partial charge < -0.3 is 65.1 Å². The molecule has 0 radical (unpaired) electrons. The normalized spacial score (nSPS) is 21.5. The number of hydrogen-bond donors (Lipinski definition) is 8. The minimum atomic E-state index is -5.89. The lowest BCUT2D eigenvalue weighted by molar-refractivity contribution is -0.121. The van der Waals surface area contributed by atoms with E-state index in [4.69, 9.17) is 34.3 Å². The molecule has 2 aromatic heterocycles. The molecule has 1 fully saturated rings. The molecule has 0 saturated carbocycles. The molecule has 30 heteroatoms. The van der Waals surface area contributed by atoms with Crippen LogP contribution in [0.1, 0.15) is 88.5 Å². The molecule has 80 heavy (non-hydrogen) atoms. The number of benzene rings is 3. The summed E-state index contributed by atoms with van der Waals surface area (Å²) >= 11 is 0. The third-order valence-electron chi connectivity index (χ3n) is 15.1. The highest BCUT2D eigenvalue weighted by molar-refractivity contribution is 7.66. The minimum absolute atomic E-state index is 0.0245. The number of aryl methyl sites for hydroxylation is 2. The van der Waals surface area contributed by atoms with Crippen LogP contribution in [-0.2, 0) is 66.8 Å². The van der Waals surface area contributed by atoms with Gasteiger partial charge in [0.15, 0.2) is 23.8 Å². The summed E-state index contributed by atoms with van der Waals surface area (Å²) in [5.41, 5.74) is 15.9. The minimum Gasteiger partial charge on any atom is -0.455 e. The van der Waals surface area contributed by atoms with Gasteiger partial charge in [-0.25, -0.2) is 38.0 Å². The Morgan fingerprint density at radius 2 is 1.61 bits per heavy atom. The second-order valence-corrected chi connectivity index (χ2v) is 24.8. The van der Waals surface area contributed by atoms with Gasteiger partial charge >= 0.3 is 29.6 Å². The summed E-state index contributed by atoms with van der Waals surface area (Å²) in [7, 11) is -15.5. The lowest BCUT2D eigenvalue weighted by atomic mass is 9.81. The fourth-order valence-electron chi connectivity index (χ4n) is 11.9. The molecule has 426 valence electrons. The highest BCUT2D eigenvalue weighted by Gasteiger charge is 2.50. The summed E-state index contributed by atoms with van der Waals surface area (Å²) in [4.78, 5) is 94.6. The molecule has 5 aromatic rings. The lowest BCUT2D eigenvalue weighted by Crippen LogP contribution is -2.45. The number of alkyl carbamates (subject to hydrolysis) is 1. The number of carbonyl (C=O) groups excluding carboxylic acids is 3. The third-order valence-corrected chi connectivity index (χ3v) is 18.9. The van der Waals surface area contributed by atoms with Crippen LogP contribution in [0, 0.1) is 0 Å². The second-order valence-electron chi connectivity index (χ2n) is 20.4. The van der Waals surface area contributed by atoms with Crippen molar-refractivity contribution in [2.45, 2.75) is 88.7 Å². The van der Waals surface area contributed by atoms with Crippen molar-refractivity contribution in [3.05, 3.63) is 98.6 Å². The zero-order valence-electron chi connectivity index (χ0n) is 43.3. The molecule has 6 aliphatic heterocycles. The molecule has 27 nitrogen and oxygen atoms in total. The van der Waals surface area contributed by atoms with E-state index in [-0.39, 0.29) is 54.9 Å². The zero-order valence-corrected chi connectivity index (χ0v) is 46.0. The summed E-state index contributed by atoms with van der Waals surface area (Å²) in [5.74, 6) is 1.21. The molecular weight excluding hydrogens is 1110 g/mol. The van der Waals surface area contributed by atoms with Crippen LogP contribution in [0.25, 0.3) is 16.7 Å². The summed E-state index contributed by atoms with van der Waals surface area (Å²) in [6, 6.07) is 12.4. The number of phosphoric ester groups is 1. The highest BCUT2D eigenvalue weighted by atomic mass is 31.3. The van der Waals surface area contributed by atoms with E-state index in [0.29, 0.717) is 12.0 Å². The Morgan fingerprint density at radius 3 is 2.41 bits per heavy atom. The van der Waals surface area contributed by atoms with E-state index in [1.54, 1.807) is 11.9 Å². The number of nitrogen functional groups attached to an aromatic ring is 1. The molecule has 3 aromatic carbocycles. The molecular formula is C50H60N10O17P3+. The number of imidazole rings is 1. The van der Waals surface area contributed by atoms with Gasteiger partial charge in [0.2, 0.25) is 11.3 Å². The summed E-state index contributed by atoms with van der Waals surface area (Å²) in [5, 5.41) is 18.9. The SMILES string of the molecule is CN(CCCC(=O)NCCNC(=O)O[C@H]1[C@@H](O)[C@H](n2cnc3c(N)ncnc32)O[C@@H]1COP(=O)(O)OP(=O)(O)OP(=O)(O)O)C(=O)c1ccccc1C1=c2cc3c4c(c2Oc2c1cc1c5c2CCCN5CCC1)CCC[N+]=4CCC3. The number of nitrogens with two attached hydrogens (primary N) is 1. The van der Waals surface area contributed by atoms with E-state index in [1.807, 2.05) is 24.3 Å². The van der Waals surface area contributed by atoms with Crippen molar-refractivity contribution in [2.75, 3.05) is 70.1 Å². The van der Waals surface area contributed by atoms with Crippen molar-refractivity contribution < 1.29 is 80.1 Å². The predicted octanol–water partition coefficient (Wildman–Crippen LogP) is 2.21. The monoisotopic (exact) mass is 1170 g/mol. The number of fused-ring (bicyclic) bond motifs is 5. The van der Waals surface area contributed by atoms with Gasteiger partial charge in [-0.3, -0.25) is 18.7 Å². The first kappa shape index (κ1) is 55.7. The van der Waals surface area contributed by atoms with Gasteiger partial charge in [0, 0.05) is 97.8 Å². The van der Waals surface area contributed by atoms with Gasteiger partial charge in [0.05, 0.1) is 18.5 Å². The molecule has 3 amide bonds. The number of hydrogen-bond acceptors (Lipinski definition) is 18. The van der Waals surface area contributed by atoms with Gasteiger partial charge in [0.1, 0.15) is 48.6 Å². The smallest absolute Gasteiger partial charge is 0.455 e. The lowest BCUT2D eigenvalue weighted by Gasteiger charge is -2.39. The van der Waals surface area contributed by atoms with E-state index in [9.17, 15) is 43.0 Å². The van der Waals surface area contributed by atoms with Crippen molar-refractivity contribution in [1.82, 2.24) is 39.6 Å². The molecule has 9 N–H and O–H groups in total. The number of rotatable bonds is 18. The Morgan fingerprint density at radius 1 is 0.875 bits per heavy atom. The average molecular weight is 1170 g/mol. The number of ether oxygens (including phenoxy) is 3. The Labute approximate surface area is 456 Å². The van der Waals surface area contributed by atoms with E-state index >= 15 is 0 Å². The molecule has 11 rings (SSSR count). The van der Waals surface area contributed by atoms with E-state index in [0.717, 1.165) is 117 Å². The molecule has 0 bridgehead atoms. The molecule has 1 saturated heterocycles. The van der Waals surface area contributed by atoms with Crippen molar-refractivity contribution in [1.29, 1.82) is 0 Å². The van der Waals surface area contributed by atoms with E-state index < -0.39 is 60.7 Å². The first-order valence-electron chi connectivity index (χ1n) is 26.3. The molecule has 0 spiro atoms. The Kier molecular flexibility index (Phi) is 15.5. The molecule has 6 atom stereocenters. The van der Waals surface area contributed by atoms with Crippen LogP contribution in [0.3, 0.4) is 0 Å². The Bertz CT molecular complexity index is 3610. The summed E-state index contributed by atoms with van der Waals surface area (Å²) < 4.78 is 70.1. The fraction of sp³-hybridized carbons (Fsp3) is 0.460. The van der Waals surface area contributed by atoms with Crippen LogP contribution >= 0.6 is 23.5 Å². The van der Waals surface area contributed by atoms with Gasteiger partial charge in [0.25, 0.3) is 5.91 Å². The number of amides is 3. The molecule has 6 aliphatic rings. The zero-order chi connectivity index (χ0) is 56.3. The number of nitrogens with one attached hydrogen (secondary N) is 2. The van der Waals surface area contributed by atoms with Gasteiger partial charge in [-0.2, -0.15) is 8.62 Å². The van der Waals surface area contributed by atoms with Crippen molar-refractivity contribution in [2.24, 2.45) is 0 Å². The number of aliphatic hydroxyl groups excluding tert-OH is 1. The van der Waals surface area contributed by atoms with Gasteiger partial charge in [-0.1, -0.05) is 18.2 Å². The van der Waals surface area contributed by atoms with Crippen molar-refractivity contribution in [3.63, 3.8) is 0 Å². The van der Waals surface area contributed by atoms with Crippen LogP contribution in [0.15, 0.2) is 49.1 Å². The first-order valence-corrected chi connectivity index (χ1v) is 30.8. The van der Waals surface area contributed by atoms with Crippen LogP contribution in [0.2, 0.25) is 0 Å². The summed E-state index contributed by atoms with van der Waals surface area (Å²) in [6.07, 6.45) is 2.91. The quantitative estimate of drug-likeness (QED) is 0.0347. The van der Waals surface area contributed by atoms with Crippen LogP contribution in [0.4, 0.5) is 16.3 Å². The average Bonchev–Trinajstić information content (AvgIpc) is 4.02. The fourth-order valence-corrected chi connectivity index (χ4v) is 14.9. The van der Waals surface area contributed by atoms with E-state index in [2.05, 4.69) is 55.8 Å². The maximum atomic E-state index is 14.7. The molecule has 0 aliphatic carbocycles. The third kappa shape index (κ3) is 11.3. The van der Waals surface area contributed by atoms with Crippen molar-refractivity contribution in [3.8, 4) is 11.5 Å². The largest absolute Gasteiger partial charge is 0.490 e. The van der Waals surface area contributed by atoms with Crippen molar-refractivity contribution >= 4 is 69.6 Å².